The van der Waals surface area contributed by atoms with E-state index in [2.05, 4.69) is 29.6 Å². The van der Waals surface area contributed by atoms with Crippen molar-refractivity contribution in [2.24, 2.45) is 0 Å². The van der Waals surface area contributed by atoms with Gasteiger partial charge >= 0.3 is 5.97 Å². The van der Waals surface area contributed by atoms with Crippen LogP contribution in [-0.2, 0) is 15.3 Å². The summed E-state index contributed by atoms with van der Waals surface area (Å²) >= 11 is 1.90. The second-order valence-electron chi connectivity index (χ2n) is 4.94. The Morgan fingerprint density at radius 1 is 1.35 bits per heavy atom. The maximum absolute atomic E-state index is 11.9. The fourth-order valence-electron chi connectivity index (χ4n) is 1.91. The second-order valence-corrected chi connectivity index (χ2v) is 6.05. The van der Waals surface area contributed by atoms with Crippen molar-refractivity contribution in [1.29, 1.82) is 0 Å². The van der Waals surface area contributed by atoms with Crippen LogP contribution in [0.2, 0.25) is 0 Å². The predicted octanol–water partition coefficient (Wildman–Crippen LogP) is 3.24. The van der Waals surface area contributed by atoms with Crippen LogP contribution in [0.25, 0.3) is 0 Å². The van der Waals surface area contributed by atoms with Crippen LogP contribution in [0.5, 0.6) is 0 Å². The Hall–Kier alpha value is -1.00. The van der Waals surface area contributed by atoms with E-state index in [1.54, 1.807) is 0 Å². The number of hydrogen-bond donors (Lipinski definition) is 1. The largest absolute Gasteiger partial charge is 0.465 e. The van der Waals surface area contributed by atoms with Gasteiger partial charge in [-0.25, -0.2) is 0 Å². The fourth-order valence-corrected chi connectivity index (χ4v) is 2.83. The Morgan fingerprint density at radius 2 is 2.05 bits per heavy atom. The fraction of sp³-hybridized carbons (Fsp3) is 0.562. The number of nitrogens with one attached hydrogen (secondary N) is 1. The average Bonchev–Trinajstić information content (AvgIpc) is 2.48. The summed E-state index contributed by atoms with van der Waals surface area (Å²) in [6.45, 7) is 4.18. The van der Waals surface area contributed by atoms with E-state index in [0.29, 0.717) is 6.61 Å². The van der Waals surface area contributed by atoms with E-state index in [1.165, 1.54) is 5.56 Å². The molecule has 0 bridgehead atoms. The van der Waals surface area contributed by atoms with Crippen LogP contribution in [-0.4, -0.2) is 30.9 Å². The Labute approximate surface area is 126 Å². The Kier molecular flexibility index (Phi) is 7.70. The van der Waals surface area contributed by atoms with E-state index in [9.17, 15) is 4.79 Å². The molecule has 0 saturated carbocycles. The van der Waals surface area contributed by atoms with Crippen molar-refractivity contribution >= 4 is 17.7 Å². The highest BCUT2D eigenvalue weighted by Gasteiger charge is 2.32. The normalized spacial score (nSPS) is 13.8. The summed E-state index contributed by atoms with van der Waals surface area (Å²) < 4.78 is 5.12. The standard InChI is InChI=1S/C16H25NO2S/c1-4-19-15(18)16(2,17-3)11-8-12-20-13-14-9-6-5-7-10-14/h5-7,9-10,17H,4,8,11-13H2,1-3H3. The van der Waals surface area contributed by atoms with Gasteiger partial charge in [0.2, 0.25) is 0 Å². The molecule has 0 spiro atoms. The first-order valence-corrected chi connectivity index (χ1v) is 8.25. The van der Waals surface area contributed by atoms with Gasteiger partial charge in [-0.3, -0.25) is 4.79 Å². The van der Waals surface area contributed by atoms with Gasteiger partial charge in [0, 0.05) is 5.75 Å². The highest BCUT2D eigenvalue weighted by molar-refractivity contribution is 7.98. The minimum absolute atomic E-state index is 0.157. The number of benzene rings is 1. The van der Waals surface area contributed by atoms with Crippen LogP contribution in [0.3, 0.4) is 0 Å². The molecule has 0 heterocycles. The zero-order chi connectivity index (χ0) is 14.8. The van der Waals surface area contributed by atoms with Crippen molar-refractivity contribution in [3.63, 3.8) is 0 Å². The van der Waals surface area contributed by atoms with Gasteiger partial charge in [0.15, 0.2) is 0 Å². The molecule has 0 aliphatic carbocycles. The molecule has 1 rings (SSSR count). The molecule has 1 aromatic rings. The summed E-state index contributed by atoms with van der Waals surface area (Å²) in [5.74, 6) is 1.91. The monoisotopic (exact) mass is 295 g/mol. The summed E-state index contributed by atoms with van der Waals surface area (Å²) in [4.78, 5) is 11.9. The van der Waals surface area contributed by atoms with E-state index in [1.807, 2.05) is 38.7 Å². The number of carbonyl (C=O) groups is 1. The summed E-state index contributed by atoms with van der Waals surface area (Å²) in [7, 11) is 1.81. The maximum Gasteiger partial charge on any atom is 0.326 e. The SMILES string of the molecule is CCOC(=O)C(C)(CCCSCc1ccccc1)NC. The van der Waals surface area contributed by atoms with Crippen molar-refractivity contribution in [2.75, 3.05) is 19.4 Å². The number of ether oxygens (including phenoxy) is 1. The zero-order valence-electron chi connectivity index (χ0n) is 12.6. The van der Waals surface area contributed by atoms with Crippen LogP contribution in [0.15, 0.2) is 30.3 Å². The second kappa shape index (κ2) is 9.03. The molecule has 0 radical (unpaired) electrons. The highest BCUT2D eigenvalue weighted by atomic mass is 32.2. The first kappa shape index (κ1) is 17.1. The molecule has 0 fully saturated rings. The lowest BCUT2D eigenvalue weighted by Gasteiger charge is -2.26. The zero-order valence-corrected chi connectivity index (χ0v) is 13.5. The van der Waals surface area contributed by atoms with Gasteiger partial charge in [-0.05, 0) is 45.1 Å². The quantitative estimate of drug-likeness (QED) is 0.561. The van der Waals surface area contributed by atoms with Crippen LogP contribution in [0.4, 0.5) is 0 Å². The number of likely N-dealkylation sites (N-methyl/N-ethyl adjacent to an activating group) is 1. The van der Waals surface area contributed by atoms with Gasteiger partial charge < -0.3 is 10.1 Å². The van der Waals surface area contributed by atoms with Crippen molar-refractivity contribution in [1.82, 2.24) is 5.32 Å². The third-order valence-electron chi connectivity index (χ3n) is 3.35. The Morgan fingerprint density at radius 3 is 2.65 bits per heavy atom. The predicted molar refractivity (Wildman–Crippen MR) is 85.9 cm³/mol. The molecule has 1 atom stereocenters. The lowest BCUT2D eigenvalue weighted by molar-refractivity contribution is -0.150. The first-order chi connectivity index (χ1) is 9.62. The van der Waals surface area contributed by atoms with Crippen molar-refractivity contribution in [3.05, 3.63) is 35.9 Å². The van der Waals surface area contributed by atoms with Crippen molar-refractivity contribution in [3.8, 4) is 0 Å². The number of hydrogen-bond acceptors (Lipinski definition) is 4. The lowest BCUT2D eigenvalue weighted by atomic mass is 9.97. The van der Waals surface area contributed by atoms with Crippen molar-refractivity contribution in [2.45, 2.75) is 38.0 Å². The minimum Gasteiger partial charge on any atom is -0.465 e. The van der Waals surface area contributed by atoms with Gasteiger partial charge in [-0.1, -0.05) is 30.3 Å². The van der Waals surface area contributed by atoms with Crippen LogP contribution >= 0.6 is 11.8 Å². The molecule has 3 nitrogen and oxygen atoms in total. The molecule has 0 aliphatic heterocycles. The van der Waals surface area contributed by atoms with Gasteiger partial charge in [0.1, 0.15) is 5.54 Å². The van der Waals surface area contributed by atoms with Crippen LogP contribution in [0, 0.1) is 0 Å². The number of carbonyl (C=O) groups excluding carboxylic acids is 1. The molecule has 1 unspecified atom stereocenters. The summed E-state index contributed by atoms with van der Waals surface area (Å²) in [6, 6.07) is 10.4. The topological polar surface area (TPSA) is 38.3 Å². The van der Waals surface area contributed by atoms with Crippen molar-refractivity contribution < 1.29 is 9.53 Å². The first-order valence-electron chi connectivity index (χ1n) is 7.10. The summed E-state index contributed by atoms with van der Waals surface area (Å²) in [6.07, 6.45) is 1.79. The molecule has 112 valence electrons. The molecule has 1 N–H and O–H groups in total. The van der Waals surface area contributed by atoms with E-state index < -0.39 is 5.54 Å². The molecular weight excluding hydrogens is 270 g/mol. The van der Waals surface area contributed by atoms with E-state index >= 15 is 0 Å². The molecular formula is C16H25NO2S. The molecule has 1 aromatic carbocycles. The van der Waals surface area contributed by atoms with Crippen LogP contribution < -0.4 is 5.32 Å². The van der Waals surface area contributed by atoms with Crippen LogP contribution in [0.1, 0.15) is 32.3 Å². The molecule has 0 aliphatic rings. The number of rotatable bonds is 9. The molecule has 20 heavy (non-hydrogen) atoms. The molecule has 0 saturated heterocycles. The molecule has 4 heteroatoms. The lowest BCUT2D eigenvalue weighted by Crippen LogP contribution is -2.48. The smallest absolute Gasteiger partial charge is 0.326 e. The van der Waals surface area contributed by atoms with Gasteiger partial charge in [0.25, 0.3) is 0 Å². The third-order valence-corrected chi connectivity index (χ3v) is 4.47. The van der Waals surface area contributed by atoms with Gasteiger partial charge in [-0.2, -0.15) is 11.8 Å². The number of thioether (sulfide) groups is 1. The van der Waals surface area contributed by atoms with E-state index in [-0.39, 0.29) is 5.97 Å². The van der Waals surface area contributed by atoms with E-state index in [4.69, 9.17) is 4.74 Å². The van der Waals surface area contributed by atoms with Gasteiger partial charge in [-0.15, -0.1) is 0 Å². The summed E-state index contributed by atoms with van der Waals surface area (Å²) in [5, 5.41) is 3.09. The average molecular weight is 295 g/mol. The van der Waals surface area contributed by atoms with Gasteiger partial charge in [0.05, 0.1) is 6.61 Å². The highest BCUT2D eigenvalue weighted by Crippen LogP contribution is 2.18. The van der Waals surface area contributed by atoms with E-state index in [0.717, 1.165) is 24.3 Å². The molecule has 0 amide bonds. The number of esters is 1. The Bertz CT molecular complexity index is 397. The summed E-state index contributed by atoms with van der Waals surface area (Å²) in [5.41, 5.74) is 0.780. The minimum atomic E-state index is -0.566. The Balaban J connectivity index is 2.26. The third kappa shape index (κ3) is 5.55. The maximum atomic E-state index is 11.9. The molecule has 0 aromatic heterocycles.